The Balaban J connectivity index is 1.32. The molecule has 4 rings (SSSR count). The molecule has 7 nitrogen and oxygen atoms in total. The zero-order valence-corrected chi connectivity index (χ0v) is 22.1. The van der Waals surface area contributed by atoms with Gasteiger partial charge in [-0.1, -0.05) is 31.2 Å². The molecule has 2 N–H and O–H groups in total. The third kappa shape index (κ3) is 7.28. The molecule has 2 atom stereocenters. The Bertz CT molecular complexity index is 1150. The molecule has 1 saturated heterocycles. The molecular formula is C28H34FN3O4S. The fourth-order valence-corrected chi connectivity index (χ4v) is 5.51. The smallest absolute Gasteiger partial charge is 0.321 e. The van der Waals surface area contributed by atoms with Crippen molar-refractivity contribution in [2.75, 3.05) is 37.8 Å². The Kier molecular flexibility index (Phi) is 9.49. The van der Waals surface area contributed by atoms with E-state index in [2.05, 4.69) is 17.1 Å². The molecule has 0 saturated carbocycles. The number of aryl methyl sites for hydroxylation is 1. The van der Waals surface area contributed by atoms with Gasteiger partial charge in [0.05, 0.1) is 25.5 Å². The monoisotopic (exact) mass is 527 g/mol. The van der Waals surface area contributed by atoms with E-state index in [1.54, 1.807) is 23.5 Å². The summed E-state index contributed by atoms with van der Waals surface area (Å²) < 4.78 is 24.6. The van der Waals surface area contributed by atoms with E-state index in [1.807, 2.05) is 31.2 Å². The topological polar surface area (TPSA) is 83.9 Å². The minimum Gasteiger partial charge on any atom is -0.493 e. The maximum atomic E-state index is 13.2. The third-order valence-electron chi connectivity index (χ3n) is 6.63. The second-order valence-corrected chi connectivity index (χ2v) is 10.3. The minimum absolute atomic E-state index is 0.219. The van der Waals surface area contributed by atoms with E-state index < -0.39 is 12.0 Å². The number of nitrogens with zero attached hydrogens (tertiary/aromatic N) is 2. The summed E-state index contributed by atoms with van der Waals surface area (Å²) in [5.74, 6) is -0.703. The van der Waals surface area contributed by atoms with Crippen molar-refractivity contribution in [2.24, 2.45) is 0 Å². The number of halogens is 1. The van der Waals surface area contributed by atoms with Crippen molar-refractivity contribution in [1.82, 2.24) is 10.3 Å². The van der Waals surface area contributed by atoms with Gasteiger partial charge in [0.1, 0.15) is 17.6 Å². The van der Waals surface area contributed by atoms with E-state index in [0.29, 0.717) is 19.6 Å². The van der Waals surface area contributed by atoms with Gasteiger partial charge in [-0.25, -0.2) is 9.37 Å². The van der Waals surface area contributed by atoms with Crippen molar-refractivity contribution < 1.29 is 23.8 Å². The number of carboxylic acids is 1. The number of aliphatic carboxylic acids is 1. The van der Waals surface area contributed by atoms with Gasteiger partial charge in [0, 0.05) is 36.9 Å². The lowest BCUT2D eigenvalue weighted by molar-refractivity contribution is -0.140. The Labute approximate surface area is 221 Å². The van der Waals surface area contributed by atoms with E-state index >= 15 is 0 Å². The highest BCUT2D eigenvalue weighted by Gasteiger charge is 2.28. The second kappa shape index (κ2) is 13.0. The molecule has 2 unspecified atom stereocenters. The molecule has 37 heavy (non-hydrogen) atoms. The molecule has 0 spiro atoms. The van der Waals surface area contributed by atoms with Gasteiger partial charge in [-0.2, -0.15) is 0 Å². The maximum absolute atomic E-state index is 13.2. The van der Waals surface area contributed by atoms with Crippen LogP contribution in [0.15, 0.2) is 48.5 Å². The van der Waals surface area contributed by atoms with Gasteiger partial charge in [0.15, 0.2) is 5.13 Å². The standard InChI is InChI=1S/C28H34FN3O4S/c1-3-24(26(27(33)34)30-18-20-4-8-22(29)9-5-20)21-6-10-23(11-7-21)36-15-12-25-19(2)37-28(31-25)32-13-16-35-17-14-32/h4-11,24,26,30H,3,12-18H2,1-2H3,(H,33,34). The normalized spacial score (nSPS) is 15.4. The molecule has 0 aliphatic carbocycles. The first-order valence-corrected chi connectivity index (χ1v) is 13.5. The van der Waals surface area contributed by atoms with Gasteiger partial charge in [-0.15, -0.1) is 11.3 Å². The second-order valence-electron chi connectivity index (χ2n) is 9.10. The largest absolute Gasteiger partial charge is 0.493 e. The van der Waals surface area contributed by atoms with Gasteiger partial charge in [-0.05, 0) is 48.7 Å². The summed E-state index contributed by atoms with van der Waals surface area (Å²) in [6.07, 6.45) is 1.38. The van der Waals surface area contributed by atoms with Crippen LogP contribution in [0.2, 0.25) is 0 Å². The molecule has 2 aromatic carbocycles. The zero-order valence-electron chi connectivity index (χ0n) is 21.3. The van der Waals surface area contributed by atoms with Crippen LogP contribution in [0.3, 0.4) is 0 Å². The Morgan fingerprint density at radius 2 is 1.89 bits per heavy atom. The predicted molar refractivity (Wildman–Crippen MR) is 143 cm³/mol. The number of carbonyl (C=O) groups is 1. The molecule has 1 aliphatic heterocycles. The molecule has 0 radical (unpaired) electrons. The first-order chi connectivity index (χ1) is 17.9. The van der Waals surface area contributed by atoms with Crippen molar-refractivity contribution in [3.8, 4) is 5.75 Å². The van der Waals surface area contributed by atoms with Gasteiger partial charge < -0.3 is 19.5 Å². The fraction of sp³-hybridized carbons (Fsp3) is 0.429. The fourth-order valence-electron chi connectivity index (χ4n) is 4.51. The predicted octanol–water partition coefficient (Wildman–Crippen LogP) is 4.79. The van der Waals surface area contributed by atoms with E-state index in [0.717, 1.165) is 60.4 Å². The highest BCUT2D eigenvalue weighted by atomic mass is 32.1. The zero-order chi connectivity index (χ0) is 26.2. The van der Waals surface area contributed by atoms with Crippen LogP contribution in [-0.4, -0.2) is 55.0 Å². The lowest BCUT2D eigenvalue weighted by atomic mass is 9.89. The first kappa shape index (κ1) is 27.0. The summed E-state index contributed by atoms with van der Waals surface area (Å²) in [5, 5.41) is 14.1. The summed E-state index contributed by atoms with van der Waals surface area (Å²) in [5.41, 5.74) is 2.82. The SMILES string of the molecule is CCC(c1ccc(OCCc2nc(N3CCOCC3)sc2C)cc1)C(NCc1ccc(F)cc1)C(=O)O. The van der Waals surface area contributed by atoms with E-state index in [4.69, 9.17) is 14.5 Å². The minimum atomic E-state index is -0.913. The Hall–Kier alpha value is -3.01. The van der Waals surface area contributed by atoms with Crippen LogP contribution in [0.5, 0.6) is 5.75 Å². The molecule has 2 heterocycles. The van der Waals surface area contributed by atoms with E-state index in [1.165, 1.54) is 17.0 Å². The number of hydrogen-bond donors (Lipinski definition) is 2. The average molecular weight is 528 g/mol. The number of aromatic nitrogens is 1. The van der Waals surface area contributed by atoms with Gasteiger partial charge in [-0.3, -0.25) is 10.1 Å². The number of nitrogens with one attached hydrogen (secondary N) is 1. The molecule has 0 bridgehead atoms. The highest BCUT2D eigenvalue weighted by Crippen LogP contribution is 2.28. The summed E-state index contributed by atoms with van der Waals surface area (Å²) in [6.45, 7) is 8.16. The number of anilines is 1. The van der Waals surface area contributed by atoms with Crippen molar-refractivity contribution >= 4 is 22.4 Å². The van der Waals surface area contributed by atoms with Crippen molar-refractivity contribution in [3.05, 3.63) is 76.0 Å². The first-order valence-electron chi connectivity index (χ1n) is 12.7. The summed E-state index contributed by atoms with van der Waals surface area (Å²) in [6, 6.07) is 13.0. The van der Waals surface area contributed by atoms with Crippen molar-refractivity contribution in [3.63, 3.8) is 0 Å². The van der Waals surface area contributed by atoms with E-state index in [9.17, 15) is 14.3 Å². The lowest BCUT2D eigenvalue weighted by Crippen LogP contribution is -2.41. The molecule has 9 heteroatoms. The quantitative estimate of drug-likeness (QED) is 0.351. The number of benzene rings is 2. The third-order valence-corrected chi connectivity index (χ3v) is 7.70. The summed E-state index contributed by atoms with van der Waals surface area (Å²) in [4.78, 5) is 20.4. The summed E-state index contributed by atoms with van der Waals surface area (Å²) in [7, 11) is 0. The van der Waals surface area contributed by atoms with Crippen LogP contribution in [0.25, 0.3) is 0 Å². The lowest BCUT2D eigenvalue weighted by Gasteiger charge is -2.26. The number of rotatable bonds is 12. The van der Waals surface area contributed by atoms with Crippen LogP contribution < -0.4 is 15.0 Å². The number of thiazole rings is 1. The van der Waals surface area contributed by atoms with Crippen LogP contribution in [0.1, 0.15) is 41.0 Å². The molecular weight excluding hydrogens is 493 g/mol. The molecule has 0 amide bonds. The van der Waals surface area contributed by atoms with Crippen LogP contribution in [-0.2, 0) is 22.5 Å². The number of carboxylic acid groups (broad SMARTS) is 1. The number of morpholine rings is 1. The Morgan fingerprint density at radius 1 is 1.19 bits per heavy atom. The number of hydrogen-bond acceptors (Lipinski definition) is 7. The highest BCUT2D eigenvalue weighted by molar-refractivity contribution is 7.15. The van der Waals surface area contributed by atoms with Crippen LogP contribution in [0.4, 0.5) is 9.52 Å². The van der Waals surface area contributed by atoms with Crippen LogP contribution in [0, 0.1) is 12.7 Å². The molecule has 1 aromatic heterocycles. The van der Waals surface area contributed by atoms with Gasteiger partial charge >= 0.3 is 5.97 Å². The summed E-state index contributed by atoms with van der Waals surface area (Å²) >= 11 is 1.72. The Morgan fingerprint density at radius 3 is 2.54 bits per heavy atom. The van der Waals surface area contributed by atoms with E-state index in [-0.39, 0.29) is 11.7 Å². The van der Waals surface area contributed by atoms with Gasteiger partial charge in [0.25, 0.3) is 0 Å². The average Bonchev–Trinajstić information content (AvgIpc) is 3.28. The molecule has 1 aliphatic rings. The molecule has 3 aromatic rings. The van der Waals surface area contributed by atoms with Gasteiger partial charge in [0.2, 0.25) is 0 Å². The molecule has 1 fully saturated rings. The maximum Gasteiger partial charge on any atom is 0.321 e. The molecule has 198 valence electrons. The van der Waals surface area contributed by atoms with Crippen molar-refractivity contribution in [2.45, 2.75) is 45.2 Å². The van der Waals surface area contributed by atoms with Crippen LogP contribution >= 0.6 is 11.3 Å². The number of ether oxygens (including phenoxy) is 2. The van der Waals surface area contributed by atoms with Crippen molar-refractivity contribution in [1.29, 1.82) is 0 Å².